The van der Waals surface area contributed by atoms with Crippen LogP contribution in [0.2, 0.25) is 5.15 Å². The number of nitrogens with one attached hydrogen (secondary N) is 1. The van der Waals surface area contributed by atoms with Gasteiger partial charge in [0.1, 0.15) is 5.75 Å². The average Bonchev–Trinajstić information content (AvgIpc) is 2.60. The number of ether oxygens (including phenoxy) is 1. The first kappa shape index (κ1) is 17.3. The van der Waals surface area contributed by atoms with Crippen LogP contribution >= 0.6 is 11.6 Å². The predicted molar refractivity (Wildman–Crippen MR) is 89.9 cm³/mol. The Kier molecular flexibility index (Phi) is 4.67. The fraction of sp³-hybridized carbons (Fsp3) is 0.176. The van der Waals surface area contributed by atoms with Crippen LogP contribution in [0.4, 0.5) is 19.0 Å². The standard InChI is InChI=1S/C17H13ClF3N3O/c1-25-12-5-2-10(3-6-12)9-22-16-14-8-11(17(19,20)21)4-7-13(14)15(18)23-24-16/h2-8H,9H2,1H3,(H,22,24). The van der Waals surface area contributed by atoms with E-state index >= 15 is 0 Å². The Morgan fingerprint density at radius 1 is 1.04 bits per heavy atom. The SMILES string of the molecule is COc1ccc(CNc2nnc(Cl)c3ccc(C(F)(F)F)cc23)cc1. The summed E-state index contributed by atoms with van der Waals surface area (Å²) in [5.74, 6) is 0.955. The zero-order valence-electron chi connectivity index (χ0n) is 13.1. The van der Waals surface area contributed by atoms with Crippen molar-refractivity contribution in [3.05, 3.63) is 58.7 Å². The lowest BCUT2D eigenvalue weighted by atomic mass is 10.1. The molecule has 2 aromatic carbocycles. The maximum Gasteiger partial charge on any atom is 0.416 e. The van der Waals surface area contributed by atoms with Gasteiger partial charge in [0.25, 0.3) is 0 Å². The van der Waals surface area contributed by atoms with Crippen LogP contribution in [0.25, 0.3) is 10.8 Å². The van der Waals surface area contributed by atoms with E-state index in [0.717, 1.165) is 23.4 Å². The average molecular weight is 368 g/mol. The zero-order chi connectivity index (χ0) is 18.0. The smallest absolute Gasteiger partial charge is 0.416 e. The van der Waals surface area contributed by atoms with Gasteiger partial charge in [0, 0.05) is 17.3 Å². The molecule has 1 N–H and O–H groups in total. The van der Waals surface area contributed by atoms with Crippen molar-refractivity contribution in [1.82, 2.24) is 10.2 Å². The molecule has 25 heavy (non-hydrogen) atoms. The van der Waals surface area contributed by atoms with E-state index in [2.05, 4.69) is 15.5 Å². The number of nitrogens with zero attached hydrogens (tertiary/aromatic N) is 2. The molecular formula is C17H13ClF3N3O. The van der Waals surface area contributed by atoms with Gasteiger partial charge >= 0.3 is 6.18 Å². The van der Waals surface area contributed by atoms with Gasteiger partial charge in [-0.1, -0.05) is 29.8 Å². The lowest BCUT2D eigenvalue weighted by Gasteiger charge is -2.12. The van der Waals surface area contributed by atoms with Crippen molar-refractivity contribution in [1.29, 1.82) is 0 Å². The number of methoxy groups -OCH3 is 1. The maximum absolute atomic E-state index is 13.0. The third-order valence-electron chi connectivity index (χ3n) is 3.68. The van der Waals surface area contributed by atoms with Crippen LogP contribution in [0.5, 0.6) is 5.75 Å². The molecule has 0 saturated carbocycles. The van der Waals surface area contributed by atoms with E-state index < -0.39 is 11.7 Å². The molecule has 1 heterocycles. The number of aromatic nitrogens is 2. The minimum Gasteiger partial charge on any atom is -0.497 e. The van der Waals surface area contributed by atoms with Crippen molar-refractivity contribution in [2.24, 2.45) is 0 Å². The third kappa shape index (κ3) is 3.76. The Morgan fingerprint density at radius 3 is 2.40 bits per heavy atom. The van der Waals surface area contributed by atoms with Crippen molar-refractivity contribution in [3.63, 3.8) is 0 Å². The van der Waals surface area contributed by atoms with Crippen molar-refractivity contribution in [3.8, 4) is 5.75 Å². The lowest BCUT2D eigenvalue weighted by Crippen LogP contribution is -2.07. The summed E-state index contributed by atoms with van der Waals surface area (Å²) in [5.41, 5.74) is 0.147. The molecule has 0 aliphatic rings. The second-order valence-corrected chi connectivity index (χ2v) is 5.66. The predicted octanol–water partition coefficient (Wildman–Crippen LogP) is 4.92. The van der Waals surface area contributed by atoms with Gasteiger partial charge < -0.3 is 10.1 Å². The van der Waals surface area contributed by atoms with Crippen LogP contribution in [0.15, 0.2) is 42.5 Å². The Bertz CT molecular complexity index is 898. The molecule has 0 bridgehead atoms. The summed E-state index contributed by atoms with van der Waals surface area (Å²) in [5, 5.41) is 11.4. The van der Waals surface area contributed by atoms with Crippen molar-refractivity contribution >= 4 is 28.2 Å². The highest BCUT2D eigenvalue weighted by Crippen LogP contribution is 2.34. The van der Waals surface area contributed by atoms with Gasteiger partial charge in [-0.2, -0.15) is 13.2 Å². The summed E-state index contributed by atoms with van der Waals surface area (Å²) in [4.78, 5) is 0. The summed E-state index contributed by atoms with van der Waals surface area (Å²) in [6, 6.07) is 10.6. The molecule has 8 heteroatoms. The summed E-state index contributed by atoms with van der Waals surface area (Å²) < 4.78 is 44.0. The van der Waals surface area contributed by atoms with Crippen LogP contribution in [0, 0.1) is 0 Å². The summed E-state index contributed by atoms with van der Waals surface area (Å²) in [7, 11) is 1.57. The Balaban J connectivity index is 1.93. The van der Waals surface area contributed by atoms with E-state index in [-0.39, 0.29) is 16.4 Å². The molecule has 0 unspecified atom stereocenters. The number of hydrogen-bond acceptors (Lipinski definition) is 4. The van der Waals surface area contributed by atoms with Crippen LogP contribution in [0.1, 0.15) is 11.1 Å². The number of hydrogen-bond donors (Lipinski definition) is 1. The van der Waals surface area contributed by atoms with Crippen LogP contribution in [-0.4, -0.2) is 17.3 Å². The molecule has 0 aliphatic carbocycles. The quantitative estimate of drug-likeness (QED) is 0.710. The number of benzene rings is 2. The van der Waals surface area contributed by atoms with E-state index in [9.17, 15) is 13.2 Å². The molecule has 3 rings (SSSR count). The number of halogens is 4. The monoisotopic (exact) mass is 367 g/mol. The number of alkyl halides is 3. The number of anilines is 1. The molecule has 130 valence electrons. The first-order valence-electron chi connectivity index (χ1n) is 7.28. The highest BCUT2D eigenvalue weighted by molar-refractivity contribution is 6.34. The van der Waals surface area contributed by atoms with Crippen LogP contribution in [-0.2, 0) is 12.7 Å². The van der Waals surface area contributed by atoms with Gasteiger partial charge in [-0.15, -0.1) is 10.2 Å². The number of fused-ring (bicyclic) bond motifs is 1. The van der Waals surface area contributed by atoms with Gasteiger partial charge in [0.2, 0.25) is 0 Å². The molecule has 4 nitrogen and oxygen atoms in total. The fourth-order valence-corrected chi connectivity index (χ4v) is 2.56. The van der Waals surface area contributed by atoms with Gasteiger partial charge in [-0.3, -0.25) is 0 Å². The molecule has 0 fully saturated rings. The van der Waals surface area contributed by atoms with Gasteiger partial charge in [0.05, 0.1) is 12.7 Å². The highest BCUT2D eigenvalue weighted by atomic mass is 35.5. The van der Waals surface area contributed by atoms with Gasteiger partial charge in [-0.25, -0.2) is 0 Å². The van der Waals surface area contributed by atoms with Crippen LogP contribution in [0.3, 0.4) is 0 Å². The number of rotatable bonds is 4. The maximum atomic E-state index is 13.0. The molecule has 0 aliphatic heterocycles. The van der Waals surface area contributed by atoms with E-state index in [0.29, 0.717) is 11.9 Å². The normalized spacial score (nSPS) is 11.6. The van der Waals surface area contributed by atoms with E-state index in [1.165, 1.54) is 6.07 Å². The van der Waals surface area contributed by atoms with E-state index in [1.54, 1.807) is 19.2 Å². The lowest BCUT2D eigenvalue weighted by molar-refractivity contribution is -0.137. The topological polar surface area (TPSA) is 47.0 Å². The Morgan fingerprint density at radius 2 is 1.76 bits per heavy atom. The molecule has 0 saturated heterocycles. The molecule has 0 atom stereocenters. The van der Waals surface area contributed by atoms with Gasteiger partial charge in [-0.05, 0) is 29.8 Å². The van der Waals surface area contributed by atoms with Crippen molar-refractivity contribution in [2.45, 2.75) is 12.7 Å². The second kappa shape index (κ2) is 6.76. The fourth-order valence-electron chi connectivity index (χ4n) is 2.36. The Labute approximate surface area is 146 Å². The summed E-state index contributed by atoms with van der Waals surface area (Å²) in [6.07, 6.45) is -4.45. The summed E-state index contributed by atoms with van der Waals surface area (Å²) >= 11 is 5.95. The Hall–Kier alpha value is -2.54. The minimum atomic E-state index is -4.45. The van der Waals surface area contributed by atoms with Crippen molar-refractivity contribution in [2.75, 3.05) is 12.4 Å². The zero-order valence-corrected chi connectivity index (χ0v) is 13.8. The third-order valence-corrected chi connectivity index (χ3v) is 3.96. The molecular weight excluding hydrogens is 355 g/mol. The minimum absolute atomic E-state index is 0.0544. The van der Waals surface area contributed by atoms with Crippen molar-refractivity contribution < 1.29 is 17.9 Å². The molecule has 0 amide bonds. The van der Waals surface area contributed by atoms with E-state index in [4.69, 9.17) is 16.3 Å². The van der Waals surface area contributed by atoms with Gasteiger partial charge in [0.15, 0.2) is 11.0 Å². The second-order valence-electron chi connectivity index (χ2n) is 5.30. The molecule has 1 aromatic heterocycles. The molecule has 0 radical (unpaired) electrons. The first-order valence-corrected chi connectivity index (χ1v) is 7.66. The first-order chi connectivity index (χ1) is 11.9. The van der Waals surface area contributed by atoms with E-state index in [1.807, 2.05) is 12.1 Å². The molecule has 3 aromatic rings. The highest BCUT2D eigenvalue weighted by Gasteiger charge is 2.31. The summed E-state index contributed by atoms with van der Waals surface area (Å²) in [6.45, 7) is 0.367. The largest absolute Gasteiger partial charge is 0.497 e. The van der Waals surface area contributed by atoms with Crippen LogP contribution < -0.4 is 10.1 Å². The molecule has 0 spiro atoms.